The largest absolute Gasteiger partial charge is 0.478 e. The highest BCUT2D eigenvalue weighted by Gasteiger charge is 2.01. The molecule has 0 unspecified atom stereocenters. The van der Waals surface area contributed by atoms with Crippen LogP contribution in [0.2, 0.25) is 0 Å². The van der Waals surface area contributed by atoms with Crippen LogP contribution in [0.4, 0.5) is 0 Å². The van der Waals surface area contributed by atoms with Gasteiger partial charge in [-0.05, 0) is 26.0 Å². The van der Waals surface area contributed by atoms with E-state index < -0.39 is 0 Å². The predicted molar refractivity (Wildman–Crippen MR) is 63.2 cm³/mol. The summed E-state index contributed by atoms with van der Waals surface area (Å²) in [4.78, 5) is 11.2. The lowest BCUT2D eigenvalue weighted by Gasteiger charge is -2.10. The van der Waals surface area contributed by atoms with Gasteiger partial charge < -0.3 is 10.1 Å². The molecule has 4 nitrogen and oxygen atoms in total. The van der Waals surface area contributed by atoms with Crippen molar-refractivity contribution in [3.63, 3.8) is 0 Å². The number of carbonyl (C=O) groups is 1. The van der Waals surface area contributed by atoms with Gasteiger partial charge in [-0.15, -0.1) is 0 Å². The molecule has 1 amide bonds. The third kappa shape index (κ3) is 5.36. The molecule has 0 aliphatic heterocycles. The number of ether oxygens (including phenoxy) is 1. The van der Waals surface area contributed by atoms with E-state index in [2.05, 4.69) is 10.6 Å². The molecule has 0 aromatic heterocycles. The van der Waals surface area contributed by atoms with Crippen molar-refractivity contribution in [3.05, 3.63) is 30.3 Å². The molecule has 4 heteroatoms. The van der Waals surface area contributed by atoms with Crippen molar-refractivity contribution in [2.24, 2.45) is 0 Å². The Morgan fingerprint density at radius 1 is 1.31 bits per heavy atom. The summed E-state index contributed by atoms with van der Waals surface area (Å²) in [7, 11) is 0. The van der Waals surface area contributed by atoms with Gasteiger partial charge in [0.1, 0.15) is 12.5 Å². The highest BCUT2D eigenvalue weighted by Crippen LogP contribution is 2.06. The van der Waals surface area contributed by atoms with Gasteiger partial charge in [0.05, 0.1) is 6.54 Å². The average molecular weight is 222 g/mol. The highest BCUT2D eigenvalue weighted by atomic mass is 16.5. The average Bonchev–Trinajstić information content (AvgIpc) is 2.25. The van der Waals surface area contributed by atoms with E-state index in [9.17, 15) is 4.79 Å². The lowest BCUT2D eigenvalue weighted by atomic mass is 10.3. The summed E-state index contributed by atoms with van der Waals surface area (Å²) >= 11 is 0. The number of benzene rings is 1. The molecule has 0 bridgehead atoms. The molecule has 1 aromatic rings. The Balaban J connectivity index is 2.10. The first-order valence-electron chi connectivity index (χ1n) is 5.36. The van der Waals surface area contributed by atoms with Gasteiger partial charge >= 0.3 is 0 Å². The number of hydrogen-bond donors (Lipinski definition) is 2. The molecule has 88 valence electrons. The fourth-order valence-corrected chi connectivity index (χ4v) is 1.19. The summed E-state index contributed by atoms with van der Waals surface area (Å²) < 4.78 is 5.37. The molecule has 0 radical (unpaired) electrons. The third-order valence-corrected chi connectivity index (χ3v) is 1.82. The first-order valence-corrected chi connectivity index (χ1v) is 5.36. The molecule has 1 rings (SSSR count). The first-order chi connectivity index (χ1) is 7.68. The van der Waals surface area contributed by atoms with E-state index in [1.807, 2.05) is 44.2 Å². The molecule has 0 aliphatic carbocycles. The van der Waals surface area contributed by atoms with Crippen LogP contribution in [0.25, 0.3) is 0 Å². The number of para-hydroxylation sites is 1. The lowest BCUT2D eigenvalue weighted by Crippen LogP contribution is -2.38. The van der Waals surface area contributed by atoms with Crippen molar-refractivity contribution < 1.29 is 9.53 Å². The van der Waals surface area contributed by atoms with Crippen LogP contribution in [-0.4, -0.2) is 25.2 Å². The van der Waals surface area contributed by atoms with Crippen molar-refractivity contribution >= 4 is 5.91 Å². The molecule has 1 aromatic carbocycles. The second-order valence-electron chi connectivity index (χ2n) is 3.75. The van der Waals surface area contributed by atoms with Gasteiger partial charge in [0.25, 0.3) is 0 Å². The summed E-state index contributed by atoms with van der Waals surface area (Å²) in [6, 6.07) is 9.65. The SMILES string of the molecule is CC(C)NC(=O)CNCOc1ccccc1. The molecular formula is C12H18N2O2. The minimum atomic E-state index is -0.0216. The van der Waals surface area contributed by atoms with Gasteiger partial charge in [-0.3, -0.25) is 10.1 Å². The minimum Gasteiger partial charge on any atom is -0.478 e. The standard InChI is InChI=1S/C12H18N2O2/c1-10(2)14-12(15)8-13-9-16-11-6-4-3-5-7-11/h3-7,10,13H,8-9H2,1-2H3,(H,14,15). The Bertz CT molecular complexity index is 312. The number of nitrogens with one attached hydrogen (secondary N) is 2. The molecule has 0 spiro atoms. The summed E-state index contributed by atoms with van der Waals surface area (Å²) in [5.74, 6) is 0.769. The van der Waals surface area contributed by atoms with E-state index in [0.717, 1.165) is 5.75 Å². The predicted octanol–water partition coefficient (Wildman–Crippen LogP) is 1.14. The fraction of sp³-hybridized carbons (Fsp3) is 0.417. The van der Waals surface area contributed by atoms with Crippen LogP contribution in [0.15, 0.2) is 30.3 Å². The lowest BCUT2D eigenvalue weighted by molar-refractivity contribution is -0.120. The van der Waals surface area contributed by atoms with Crippen LogP contribution in [-0.2, 0) is 4.79 Å². The summed E-state index contributed by atoms with van der Waals surface area (Å²) in [6.07, 6.45) is 0. The zero-order valence-corrected chi connectivity index (χ0v) is 9.69. The minimum absolute atomic E-state index is 0.0216. The first kappa shape index (κ1) is 12.5. The Morgan fingerprint density at radius 3 is 2.62 bits per heavy atom. The quantitative estimate of drug-likeness (QED) is 0.560. The van der Waals surface area contributed by atoms with Crippen molar-refractivity contribution in [1.82, 2.24) is 10.6 Å². The van der Waals surface area contributed by atoms with Gasteiger partial charge in [-0.1, -0.05) is 18.2 Å². The molecule has 0 fully saturated rings. The van der Waals surface area contributed by atoms with Crippen LogP contribution < -0.4 is 15.4 Å². The van der Waals surface area contributed by atoms with Crippen molar-refractivity contribution in [2.75, 3.05) is 13.3 Å². The number of amides is 1. The van der Waals surface area contributed by atoms with Crippen molar-refractivity contribution in [1.29, 1.82) is 0 Å². The van der Waals surface area contributed by atoms with Crippen molar-refractivity contribution in [3.8, 4) is 5.75 Å². The van der Waals surface area contributed by atoms with Crippen LogP contribution in [0.5, 0.6) is 5.75 Å². The fourth-order valence-electron chi connectivity index (χ4n) is 1.19. The molecule has 0 heterocycles. The van der Waals surface area contributed by atoms with Crippen LogP contribution in [0, 0.1) is 0 Å². The Labute approximate surface area is 96.0 Å². The Kier molecular flexibility index (Phi) is 5.36. The summed E-state index contributed by atoms with van der Waals surface area (Å²) in [5, 5.41) is 5.69. The topological polar surface area (TPSA) is 50.4 Å². The molecule has 2 N–H and O–H groups in total. The van der Waals surface area contributed by atoms with E-state index in [1.165, 1.54) is 0 Å². The number of rotatable bonds is 6. The maximum atomic E-state index is 11.2. The van der Waals surface area contributed by atoms with Gasteiger partial charge in [-0.2, -0.15) is 0 Å². The number of hydrogen-bond acceptors (Lipinski definition) is 3. The van der Waals surface area contributed by atoms with Crippen LogP contribution >= 0.6 is 0 Å². The molecule has 0 atom stereocenters. The molecule has 0 saturated carbocycles. The third-order valence-electron chi connectivity index (χ3n) is 1.82. The van der Waals surface area contributed by atoms with Gasteiger partial charge in [0, 0.05) is 6.04 Å². The van der Waals surface area contributed by atoms with E-state index >= 15 is 0 Å². The van der Waals surface area contributed by atoms with Gasteiger partial charge in [-0.25, -0.2) is 0 Å². The maximum Gasteiger partial charge on any atom is 0.234 e. The van der Waals surface area contributed by atoms with E-state index in [4.69, 9.17) is 4.74 Å². The van der Waals surface area contributed by atoms with Crippen molar-refractivity contribution in [2.45, 2.75) is 19.9 Å². The second kappa shape index (κ2) is 6.85. The Morgan fingerprint density at radius 2 is 2.00 bits per heavy atom. The zero-order valence-electron chi connectivity index (χ0n) is 9.69. The van der Waals surface area contributed by atoms with E-state index in [0.29, 0.717) is 6.73 Å². The smallest absolute Gasteiger partial charge is 0.234 e. The Hall–Kier alpha value is -1.55. The zero-order chi connectivity index (χ0) is 11.8. The van der Waals surface area contributed by atoms with Gasteiger partial charge in [0.15, 0.2) is 0 Å². The van der Waals surface area contributed by atoms with E-state index in [-0.39, 0.29) is 18.5 Å². The van der Waals surface area contributed by atoms with Crippen LogP contribution in [0.1, 0.15) is 13.8 Å². The molecule has 0 aliphatic rings. The summed E-state index contributed by atoms with van der Waals surface area (Å²) in [6.45, 7) is 4.46. The van der Waals surface area contributed by atoms with E-state index in [1.54, 1.807) is 0 Å². The maximum absolute atomic E-state index is 11.2. The second-order valence-corrected chi connectivity index (χ2v) is 3.75. The molecular weight excluding hydrogens is 204 g/mol. The highest BCUT2D eigenvalue weighted by molar-refractivity contribution is 5.78. The molecule has 0 saturated heterocycles. The summed E-state index contributed by atoms with van der Waals surface area (Å²) in [5.41, 5.74) is 0. The van der Waals surface area contributed by atoms with Crippen LogP contribution in [0.3, 0.4) is 0 Å². The van der Waals surface area contributed by atoms with Gasteiger partial charge in [0.2, 0.25) is 5.91 Å². The normalized spacial score (nSPS) is 10.2. The number of carbonyl (C=O) groups excluding carboxylic acids is 1. The monoisotopic (exact) mass is 222 g/mol. The molecule has 16 heavy (non-hydrogen) atoms.